The van der Waals surface area contributed by atoms with Gasteiger partial charge in [0.2, 0.25) is 0 Å². The molecule has 14 heteroatoms. The molecule has 0 saturated carbocycles. The van der Waals surface area contributed by atoms with Crippen molar-refractivity contribution in [1.82, 2.24) is 16.1 Å². The highest BCUT2D eigenvalue weighted by Crippen LogP contribution is 2.36. The third kappa shape index (κ3) is 9.34. The van der Waals surface area contributed by atoms with Gasteiger partial charge in [0.1, 0.15) is 19.0 Å². The van der Waals surface area contributed by atoms with Crippen molar-refractivity contribution in [3.8, 4) is 17.2 Å². The number of nitrogens with zero attached hydrogens (tertiary/aromatic N) is 1. The molecule has 0 spiro atoms. The third-order valence-corrected chi connectivity index (χ3v) is 8.32. The van der Waals surface area contributed by atoms with Crippen molar-refractivity contribution < 1.29 is 33.6 Å². The number of allylic oxidation sites excluding steroid dienone is 1. The Morgan fingerprint density at radius 1 is 1.09 bits per heavy atom. The van der Waals surface area contributed by atoms with Gasteiger partial charge in [-0.3, -0.25) is 5.43 Å². The van der Waals surface area contributed by atoms with Crippen LogP contribution >= 0.6 is 54.5 Å². The Morgan fingerprint density at radius 3 is 2.47 bits per heavy atom. The summed E-state index contributed by atoms with van der Waals surface area (Å²) >= 11 is 9.37. The summed E-state index contributed by atoms with van der Waals surface area (Å²) < 4.78 is 25.1. The molecule has 0 aliphatic carbocycles. The van der Waals surface area contributed by atoms with E-state index in [4.69, 9.17) is 18.9 Å². The van der Waals surface area contributed by atoms with Gasteiger partial charge in [-0.2, -0.15) is 5.10 Å². The summed E-state index contributed by atoms with van der Waals surface area (Å²) in [6.45, 7) is 4.05. The van der Waals surface area contributed by atoms with E-state index in [1.54, 1.807) is 31.3 Å². The number of halogens is 3. The van der Waals surface area contributed by atoms with E-state index < -0.39 is 24.3 Å². The lowest BCUT2D eigenvalue weighted by Gasteiger charge is -2.28. The van der Waals surface area contributed by atoms with Gasteiger partial charge >= 0.3 is 12.0 Å². The Labute approximate surface area is 291 Å². The van der Waals surface area contributed by atoms with Crippen molar-refractivity contribution in [2.24, 2.45) is 5.10 Å². The van der Waals surface area contributed by atoms with E-state index in [9.17, 15) is 14.7 Å². The van der Waals surface area contributed by atoms with E-state index in [2.05, 4.69) is 75.6 Å². The largest absolute Gasteiger partial charge is 0.490 e. The van der Waals surface area contributed by atoms with Crippen LogP contribution in [0.15, 0.2) is 79.9 Å². The van der Waals surface area contributed by atoms with Gasteiger partial charge in [-0.1, -0.05) is 18.2 Å². The number of carbonyl (C=O) groups is 2. The molecule has 0 saturated heterocycles. The highest BCUT2D eigenvalue weighted by Gasteiger charge is 2.32. The SMILES string of the molecule is CCOc1cc([C@@H]2NC(=O)NC(C)=C2C(=O)OC)ccc1OC[C@@H](O)N/N=C\c1cc(Br)c(OCc2ccc(I)cc2)c(Br)c1. The monoisotopic (exact) mass is 856 g/mol. The van der Waals surface area contributed by atoms with Gasteiger partial charge in [0, 0.05) is 9.27 Å². The molecule has 1 aliphatic heterocycles. The first kappa shape index (κ1) is 34.5. The van der Waals surface area contributed by atoms with Crippen LogP contribution in [0.5, 0.6) is 17.2 Å². The van der Waals surface area contributed by atoms with Crippen LogP contribution in [0.25, 0.3) is 0 Å². The Balaban J connectivity index is 1.37. The minimum absolute atomic E-state index is 0.147. The van der Waals surface area contributed by atoms with E-state index >= 15 is 0 Å². The highest BCUT2D eigenvalue weighted by atomic mass is 127. The second-order valence-electron chi connectivity index (χ2n) is 9.64. The topological polar surface area (TPSA) is 140 Å². The van der Waals surface area contributed by atoms with Gasteiger partial charge in [-0.15, -0.1) is 0 Å². The zero-order valence-electron chi connectivity index (χ0n) is 24.5. The first-order valence-electron chi connectivity index (χ1n) is 13.7. The fourth-order valence-corrected chi connectivity index (χ4v) is 6.16. The first-order chi connectivity index (χ1) is 21.6. The Hall–Kier alpha value is -3.34. The number of amides is 2. The van der Waals surface area contributed by atoms with Crippen molar-refractivity contribution in [2.45, 2.75) is 32.7 Å². The van der Waals surface area contributed by atoms with E-state index in [1.807, 2.05) is 43.3 Å². The molecule has 45 heavy (non-hydrogen) atoms. The number of urea groups is 1. The van der Waals surface area contributed by atoms with Crippen molar-refractivity contribution in [2.75, 3.05) is 20.3 Å². The van der Waals surface area contributed by atoms with Crippen molar-refractivity contribution in [3.05, 3.63) is 95.1 Å². The molecule has 2 atom stereocenters. The molecule has 0 unspecified atom stereocenters. The predicted octanol–water partition coefficient (Wildman–Crippen LogP) is 5.92. The van der Waals surface area contributed by atoms with Gasteiger partial charge in [0.05, 0.1) is 40.5 Å². The summed E-state index contributed by atoms with van der Waals surface area (Å²) in [5.74, 6) is 0.831. The number of rotatable bonds is 13. The fraction of sp³-hybridized carbons (Fsp3) is 0.258. The molecule has 3 aromatic carbocycles. The number of hydrogen-bond acceptors (Lipinski definition) is 9. The molecular weight excluding hydrogens is 827 g/mol. The van der Waals surface area contributed by atoms with Crippen LogP contribution in [0.1, 0.15) is 36.6 Å². The van der Waals surface area contributed by atoms with Crippen molar-refractivity contribution in [1.29, 1.82) is 0 Å². The summed E-state index contributed by atoms with van der Waals surface area (Å²) in [7, 11) is 1.28. The number of aliphatic hydroxyl groups is 1. The summed E-state index contributed by atoms with van der Waals surface area (Å²) in [5, 5.41) is 19.9. The van der Waals surface area contributed by atoms with Crippen LogP contribution in [0.3, 0.4) is 0 Å². The van der Waals surface area contributed by atoms with Gasteiger partial charge < -0.3 is 34.7 Å². The summed E-state index contributed by atoms with van der Waals surface area (Å²) in [6, 6.07) is 15.6. The molecule has 1 heterocycles. The Bertz CT molecular complexity index is 1580. The van der Waals surface area contributed by atoms with Crippen LogP contribution in [0.2, 0.25) is 0 Å². The molecule has 0 radical (unpaired) electrons. The van der Waals surface area contributed by atoms with Crippen LogP contribution in [0.4, 0.5) is 4.79 Å². The lowest BCUT2D eigenvalue weighted by molar-refractivity contribution is -0.136. The molecular formula is C31H31Br2IN4O7. The molecule has 0 aromatic heterocycles. The fourth-order valence-electron chi connectivity index (χ4n) is 4.35. The molecule has 2 amide bonds. The van der Waals surface area contributed by atoms with Crippen molar-refractivity contribution in [3.63, 3.8) is 0 Å². The lowest BCUT2D eigenvalue weighted by Crippen LogP contribution is -2.45. The second-order valence-corrected chi connectivity index (χ2v) is 12.6. The lowest BCUT2D eigenvalue weighted by atomic mass is 9.95. The van der Waals surface area contributed by atoms with Crippen molar-refractivity contribution >= 4 is 72.7 Å². The maximum absolute atomic E-state index is 12.4. The van der Waals surface area contributed by atoms with Crippen LogP contribution in [0, 0.1) is 3.57 Å². The minimum Gasteiger partial charge on any atom is -0.490 e. The number of hydrogen-bond donors (Lipinski definition) is 4. The van der Waals surface area contributed by atoms with Gasteiger partial charge in [0.15, 0.2) is 17.7 Å². The van der Waals surface area contributed by atoms with E-state index in [1.165, 1.54) is 7.11 Å². The standard InChI is InChI=1S/C31H31Br2IN4O7/c1-4-43-25-13-20(28-27(30(40)42-3)17(2)36-31(41)37-28)7-10-24(25)44-16-26(39)38-35-14-19-11-22(32)29(23(33)12-19)45-15-18-5-8-21(34)9-6-18/h5-14,26,28,38-39H,4,15-16H2,1-3H3,(H2,36,37,41)/b35-14-/t26-,28+/m1/s1. The second kappa shape index (κ2) is 16.3. The van der Waals surface area contributed by atoms with Gasteiger partial charge in [-0.05, 0) is 121 Å². The summed E-state index contributed by atoms with van der Waals surface area (Å²) in [4.78, 5) is 24.6. The first-order valence-corrected chi connectivity index (χ1v) is 16.3. The Kier molecular flexibility index (Phi) is 12.5. The van der Waals surface area contributed by atoms with E-state index in [-0.39, 0.29) is 12.2 Å². The summed E-state index contributed by atoms with van der Waals surface area (Å²) in [5.41, 5.74) is 5.71. The van der Waals surface area contributed by atoms with E-state index in [0.717, 1.165) is 23.6 Å². The molecule has 4 N–H and O–H groups in total. The zero-order valence-corrected chi connectivity index (χ0v) is 29.9. The molecule has 4 rings (SSSR count). The average molecular weight is 858 g/mol. The number of hydrazone groups is 1. The van der Waals surface area contributed by atoms with Crippen LogP contribution < -0.4 is 30.3 Å². The third-order valence-electron chi connectivity index (χ3n) is 6.43. The number of benzene rings is 3. The van der Waals surface area contributed by atoms with Gasteiger partial charge in [0.25, 0.3) is 0 Å². The molecule has 0 bridgehead atoms. The molecule has 0 fully saturated rings. The maximum Gasteiger partial charge on any atom is 0.337 e. The normalized spacial score (nSPS) is 15.3. The van der Waals surface area contributed by atoms with E-state index in [0.29, 0.717) is 41.7 Å². The zero-order chi connectivity index (χ0) is 32.5. The predicted molar refractivity (Wildman–Crippen MR) is 184 cm³/mol. The molecule has 238 valence electrons. The number of aliphatic hydroxyl groups excluding tert-OH is 1. The molecule has 3 aromatic rings. The number of esters is 1. The quantitative estimate of drug-likeness (QED) is 0.0547. The van der Waals surface area contributed by atoms with Gasteiger partial charge in [-0.25, -0.2) is 9.59 Å². The molecule has 11 nitrogen and oxygen atoms in total. The average Bonchev–Trinajstić information content (AvgIpc) is 3.00. The number of methoxy groups -OCH3 is 1. The number of nitrogens with one attached hydrogen (secondary N) is 3. The number of carbonyl (C=O) groups excluding carboxylic acids is 2. The number of ether oxygens (including phenoxy) is 4. The smallest absolute Gasteiger partial charge is 0.337 e. The van der Waals surface area contributed by atoms with Crippen LogP contribution in [-0.4, -0.2) is 49.9 Å². The molecule has 1 aliphatic rings. The maximum atomic E-state index is 12.4. The van der Waals surface area contributed by atoms with Crippen LogP contribution in [-0.2, 0) is 16.1 Å². The highest BCUT2D eigenvalue weighted by molar-refractivity contribution is 14.1. The summed E-state index contributed by atoms with van der Waals surface area (Å²) in [6.07, 6.45) is 0.420. The minimum atomic E-state index is -1.14. The Morgan fingerprint density at radius 2 is 1.80 bits per heavy atom.